The molecule has 0 aromatic carbocycles. The largest absolute Gasteiger partial charge is 0.334 e. The second kappa shape index (κ2) is 7.04. The summed E-state index contributed by atoms with van der Waals surface area (Å²) < 4.78 is 2.24. The van der Waals surface area contributed by atoms with Gasteiger partial charge in [-0.15, -0.1) is 0 Å². The summed E-state index contributed by atoms with van der Waals surface area (Å²) in [5.74, 6) is 1.13. The number of nitrogens with one attached hydrogen (secondary N) is 1. The summed E-state index contributed by atoms with van der Waals surface area (Å²) >= 11 is 0. The summed E-state index contributed by atoms with van der Waals surface area (Å²) in [4.78, 5) is 8.87. The number of nitrogens with zero attached hydrogens (tertiary/aromatic N) is 3. The van der Waals surface area contributed by atoms with Crippen molar-refractivity contribution in [1.82, 2.24) is 19.9 Å². The van der Waals surface area contributed by atoms with Crippen molar-refractivity contribution < 1.29 is 0 Å². The zero-order valence-electron chi connectivity index (χ0n) is 11.7. The summed E-state index contributed by atoms with van der Waals surface area (Å²) in [6.07, 6.45) is 8.89. The van der Waals surface area contributed by atoms with Gasteiger partial charge in [0.2, 0.25) is 0 Å². The molecule has 4 heteroatoms. The average molecular weight is 258 g/mol. The van der Waals surface area contributed by atoms with Gasteiger partial charge in [-0.05, 0) is 38.4 Å². The van der Waals surface area contributed by atoms with E-state index in [-0.39, 0.29) is 6.04 Å². The Kier molecular flexibility index (Phi) is 5.10. The second-order valence-corrected chi connectivity index (χ2v) is 4.68. The Morgan fingerprint density at radius 3 is 2.84 bits per heavy atom. The Labute approximate surface area is 114 Å². The third-order valence-corrected chi connectivity index (χ3v) is 3.29. The molecule has 0 amide bonds. The lowest BCUT2D eigenvalue weighted by Crippen LogP contribution is -2.21. The molecule has 19 heavy (non-hydrogen) atoms. The first kappa shape index (κ1) is 13.7. The molecule has 4 nitrogen and oxygen atoms in total. The standard InChI is InChI=1S/C15H22N4/c1-3-11-19-12-10-18-15(19)14(16-2)8-7-13-6-4-5-9-17-13/h4-6,9-10,12,14,16H,3,7-8,11H2,1-2H3. The molecule has 0 aliphatic rings. The van der Waals surface area contributed by atoms with Gasteiger partial charge in [0.1, 0.15) is 5.82 Å². The zero-order chi connectivity index (χ0) is 13.5. The van der Waals surface area contributed by atoms with Crippen LogP contribution in [0.4, 0.5) is 0 Å². The fraction of sp³-hybridized carbons (Fsp3) is 0.467. The lowest BCUT2D eigenvalue weighted by Gasteiger charge is -2.17. The van der Waals surface area contributed by atoms with E-state index in [0.29, 0.717) is 0 Å². The maximum absolute atomic E-state index is 4.50. The molecule has 1 N–H and O–H groups in total. The number of pyridine rings is 1. The molecule has 0 aliphatic carbocycles. The van der Waals surface area contributed by atoms with Crippen LogP contribution in [0.25, 0.3) is 0 Å². The van der Waals surface area contributed by atoms with Crippen LogP contribution in [0.3, 0.4) is 0 Å². The lowest BCUT2D eigenvalue weighted by molar-refractivity contribution is 0.484. The van der Waals surface area contributed by atoms with Crippen LogP contribution in [0.15, 0.2) is 36.8 Å². The molecule has 2 aromatic rings. The van der Waals surface area contributed by atoms with Crippen LogP contribution in [0, 0.1) is 0 Å². The van der Waals surface area contributed by atoms with Crippen LogP contribution in [-0.4, -0.2) is 21.6 Å². The number of hydrogen-bond acceptors (Lipinski definition) is 3. The minimum Gasteiger partial charge on any atom is -0.334 e. The molecule has 0 bridgehead atoms. The molecule has 1 unspecified atom stereocenters. The molecule has 0 radical (unpaired) electrons. The van der Waals surface area contributed by atoms with E-state index >= 15 is 0 Å². The van der Waals surface area contributed by atoms with E-state index in [2.05, 4.69) is 39.0 Å². The van der Waals surface area contributed by atoms with Crippen LogP contribution in [0.5, 0.6) is 0 Å². The van der Waals surface area contributed by atoms with E-state index in [0.717, 1.165) is 37.3 Å². The Bertz CT molecular complexity index is 478. The fourth-order valence-corrected chi connectivity index (χ4v) is 2.30. The molecule has 0 fully saturated rings. The Morgan fingerprint density at radius 1 is 1.26 bits per heavy atom. The normalized spacial score (nSPS) is 12.5. The summed E-state index contributed by atoms with van der Waals surface area (Å²) in [5, 5.41) is 3.36. The molecule has 102 valence electrons. The van der Waals surface area contributed by atoms with E-state index in [1.165, 1.54) is 0 Å². The molecule has 2 rings (SSSR count). The highest BCUT2D eigenvalue weighted by molar-refractivity contribution is 5.06. The Morgan fingerprint density at radius 2 is 2.16 bits per heavy atom. The molecule has 2 heterocycles. The van der Waals surface area contributed by atoms with Gasteiger partial charge in [-0.3, -0.25) is 4.98 Å². The van der Waals surface area contributed by atoms with Gasteiger partial charge in [0, 0.05) is 30.8 Å². The Balaban J connectivity index is 2.01. The smallest absolute Gasteiger partial charge is 0.125 e. The van der Waals surface area contributed by atoms with Crippen LogP contribution in [-0.2, 0) is 13.0 Å². The molecule has 0 saturated heterocycles. The summed E-state index contributed by atoms with van der Waals surface area (Å²) in [7, 11) is 1.99. The highest BCUT2D eigenvalue weighted by atomic mass is 15.1. The van der Waals surface area contributed by atoms with Crippen molar-refractivity contribution in [3.63, 3.8) is 0 Å². The monoisotopic (exact) mass is 258 g/mol. The van der Waals surface area contributed by atoms with Gasteiger partial charge in [-0.2, -0.15) is 0 Å². The van der Waals surface area contributed by atoms with Gasteiger partial charge in [-0.25, -0.2) is 4.98 Å². The van der Waals surface area contributed by atoms with Gasteiger partial charge in [0.15, 0.2) is 0 Å². The Hall–Kier alpha value is -1.68. The van der Waals surface area contributed by atoms with Crippen molar-refractivity contribution in [3.8, 4) is 0 Å². The first-order valence-electron chi connectivity index (χ1n) is 6.93. The van der Waals surface area contributed by atoms with Crippen molar-refractivity contribution in [1.29, 1.82) is 0 Å². The van der Waals surface area contributed by atoms with Gasteiger partial charge < -0.3 is 9.88 Å². The van der Waals surface area contributed by atoms with Gasteiger partial charge >= 0.3 is 0 Å². The predicted octanol–water partition coefficient (Wildman–Crippen LogP) is 2.58. The van der Waals surface area contributed by atoms with E-state index in [1.54, 1.807) is 0 Å². The van der Waals surface area contributed by atoms with Gasteiger partial charge in [-0.1, -0.05) is 13.0 Å². The van der Waals surface area contributed by atoms with Crippen molar-refractivity contribution in [2.45, 2.75) is 38.8 Å². The number of aromatic nitrogens is 3. The minimum absolute atomic E-state index is 0.281. The molecule has 2 aromatic heterocycles. The highest BCUT2D eigenvalue weighted by Gasteiger charge is 2.14. The van der Waals surface area contributed by atoms with E-state index in [4.69, 9.17) is 0 Å². The molecule has 0 aliphatic heterocycles. The van der Waals surface area contributed by atoms with Crippen LogP contribution in [0.1, 0.15) is 37.3 Å². The van der Waals surface area contributed by atoms with Crippen molar-refractivity contribution in [2.24, 2.45) is 0 Å². The number of rotatable bonds is 7. The average Bonchev–Trinajstić information content (AvgIpc) is 2.90. The topological polar surface area (TPSA) is 42.7 Å². The maximum atomic E-state index is 4.50. The summed E-state index contributed by atoms with van der Waals surface area (Å²) in [6, 6.07) is 6.34. The summed E-state index contributed by atoms with van der Waals surface area (Å²) in [6.45, 7) is 3.21. The van der Waals surface area contributed by atoms with Crippen molar-refractivity contribution >= 4 is 0 Å². The lowest BCUT2D eigenvalue weighted by atomic mass is 10.1. The third kappa shape index (κ3) is 3.64. The maximum Gasteiger partial charge on any atom is 0.125 e. The minimum atomic E-state index is 0.281. The first-order valence-corrected chi connectivity index (χ1v) is 6.93. The molecule has 0 spiro atoms. The second-order valence-electron chi connectivity index (χ2n) is 4.68. The fourth-order valence-electron chi connectivity index (χ4n) is 2.30. The predicted molar refractivity (Wildman–Crippen MR) is 76.9 cm³/mol. The number of aryl methyl sites for hydroxylation is 2. The number of imidazole rings is 1. The van der Waals surface area contributed by atoms with E-state index in [1.807, 2.05) is 31.6 Å². The zero-order valence-corrected chi connectivity index (χ0v) is 11.7. The summed E-state index contributed by atoms with van der Waals surface area (Å²) in [5.41, 5.74) is 1.14. The van der Waals surface area contributed by atoms with Crippen LogP contribution >= 0.6 is 0 Å². The van der Waals surface area contributed by atoms with Crippen LogP contribution in [0.2, 0.25) is 0 Å². The highest BCUT2D eigenvalue weighted by Crippen LogP contribution is 2.17. The molecule has 1 atom stereocenters. The quantitative estimate of drug-likeness (QED) is 0.830. The molecular weight excluding hydrogens is 236 g/mol. The van der Waals surface area contributed by atoms with E-state index < -0.39 is 0 Å². The van der Waals surface area contributed by atoms with Crippen molar-refractivity contribution in [2.75, 3.05) is 7.05 Å². The first-order chi connectivity index (χ1) is 9.35. The van der Waals surface area contributed by atoms with Crippen molar-refractivity contribution in [3.05, 3.63) is 48.3 Å². The number of hydrogen-bond donors (Lipinski definition) is 1. The molecular formula is C15H22N4. The van der Waals surface area contributed by atoms with Gasteiger partial charge in [0.05, 0.1) is 6.04 Å². The third-order valence-electron chi connectivity index (χ3n) is 3.29. The SMILES string of the molecule is CCCn1ccnc1C(CCc1ccccn1)NC. The van der Waals surface area contributed by atoms with Crippen LogP contribution < -0.4 is 5.32 Å². The molecule has 0 saturated carbocycles. The van der Waals surface area contributed by atoms with Gasteiger partial charge in [0.25, 0.3) is 0 Å². The van der Waals surface area contributed by atoms with E-state index in [9.17, 15) is 0 Å².